The number of carbonyl (C=O) groups is 1. The lowest BCUT2D eigenvalue weighted by molar-refractivity contribution is 0.0692. The summed E-state index contributed by atoms with van der Waals surface area (Å²) in [4.78, 5) is 16.4. The fourth-order valence-corrected chi connectivity index (χ4v) is 2.44. The summed E-state index contributed by atoms with van der Waals surface area (Å²) >= 11 is 1.37. The summed E-state index contributed by atoms with van der Waals surface area (Å²) in [6.07, 6.45) is 0. The van der Waals surface area contributed by atoms with Gasteiger partial charge in [0.2, 0.25) is 0 Å². The van der Waals surface area contributed by atoms with Gasteiger partial charge in [-0.3, -0.25) is 0 Å². The van der Waals surface area contributed by atoms with Crippen molar-refractivity contribution < 1.29 is 9.90 Å². The zero-order chi connectivity index (χ0) is 13.1. The molecule has 1 aromatic heterocycles. The second-order valence-electron chi connectivity index (χ2n) is 4.03. The predicted octanol–water partition coefficient (Wildman–Crippen LogP) is 3.55. The van der Waals surface area contributed by atoms with Crippen LogP contribution in [0.3, 0.4) is 0 Å². The Labute approximate surface area is 110 Å². The summed E-state index contributed by atoms with van der Waals surface area (Å²) in [6.45, 7) is 3.87. The van der Waals surface area contributed by atoms with Crippen molar-refractivity contribution in [3.05, 3.63) is 53.2 Å². The molecule has 0 fully saturated rings. The summed E-state index contributed by atoms with van der Waals surface area (Å²) in [5.74, 6) is -0.947. The molecule has 0 spiro atoms. The van der Waals surface area contributed by atoms with Gasteiger partial charge < -0.3 is 5.11 Å². The molecule has 0 atom stereocenters. The van der Waals surface area contributed by atoms with Crippen LogP contribution < -0.4 is 0 Å². The van der Waals surface area contributed by atoms with Gasteiger partial charge in [-0.2, -0.15) is 0 Å². The number of aryl methyl sites for hydroxylation is 2. The molecular formula is C14H13NO2S. The second-order valence-corrected chi connectivity index (χ2v) is 5.09. The SMILES string of the molecule is Cc1ccc(Sc2nc(C)ccc2C(=O)O)cc1. The lowest BCUT2D eigenvalue weighted by Gasteiger charge is -2.06. The van der Waals surface area contributed by atoms with Gasteiger partial charge in [0.15, 0.2) is 0 Å². The summed E-state index contributed by atoms with van der Waals surface area (Å²) < 4.78 is 0. The first-order chi connectivity index (χ1) is 8.56. The van der Waals surface area contributed by atoms with Gasteiger partial charge in [-0.25, -0.2) is 9.78 Å². The van der Waals surface area contributed by atoms with Crippen LogP contribution in [-0.4, -0.2) is 16.1 Å². The third-order valence-electron chi connectivity index (χ3n) is 2.47. The summed E-state index contributed by atoms with van der Waals surface area (Å²) in [6, 6.07) is 11.2. The zero-order valence-electron chi connectivity index (χ0n) is 10.2. The second kappa shape index (κ2) is 5.23. The van der Waals surface area contributed by atoms with Crippen molar-refractivity contribution in [3.63, 3.8) is 0 Å². The van der Waals surface area contributed by atoms with Crippen LogP contribution in [0.5, 0.6) is 0 Å². The highest BCUT2D eigenvalue weighted by molar-refractivity contribution is 7.99. The third kappa shape index (κ3) is 2.90. The molecule has 92 valence electrons. The van der Waals surface area contributed by atoms with Crippen LogP contribution in [0, 0.1) is 13.8 Å². The van der Waals surface area contributed by atoms with Crippen molar-refractivity contribution in [1.82, 2.24) is 4.98 Å². The van der Waals surface area contributed by atoms with E-state index in [1.54, 1.807) is 12.1 Å². The Bertz CT molecular complexity index is 579. The van der Waals surface area contributed by atoms with E-state index in [0.29, 0.717) is 5.03 Å². The molecular weight excluding hydrogens is 246 g/mol. The van der Waals surface area contributed by atoms with Crippen molar-refractivity contribution >= 4 is 17.7 Å². The molecule has 18 heavy (non-hydrogen) atoms. The van der Waals surface area contributed by atoms with E-state index >= 15 is 0 Å². The quantitative estimate of drug-likeness (QED) is 0.915. The van der Waals surface area contributed by atoms with Gasteiger partial charge in [-0.15, -0.1) is 0 Å². The Hall–Kier alpha value is -1.81. The zero-order valence-corrected chi connectivity index (χ0v) is 11.0. The molecule has 0 amide bonds. The van der Waals surface area contributed by atoms with Crippen LogP contribution in [0.4, 0.5) is 0 Å². The lowest BCUT2D eigenvalue weighted by atomic mass is 10.2. The standard InChI is InChI=1S/C14H13NO2S/c1-9-3-6-11(7-4-9)18-13-12(14(16)17)8-5-10(2)15-13/h3-8H,1-2H3,(H,16,17). The fourth-order valence-electron chi connectivity index (χ4n) is 1.49. The highest BCUT2D eigenvalue weighted by Gasteiger charge is 2.12. The van der Waals surface area contributed by atoms with E-state index in [-0.39, 0.29) is 5.56 Å². The van der Waals surface area contributed by atoms with E-state index in [0.717, 1.165) is 10.6 Å². The van der Waals surface area contributed by atoms with Crippen molar-refractivity contribution in [1.29, 1.82) is 0 Å². The molecule has 0 unspecified atom stereocenters. The van der Waals surface area contributed by atoms with Gasteiger partial charge in [-0.1, -0.05) is 29.5 Å². The van der Waals surface area contributed by atoms with Gasteiger partial charge in [0.05, 0.1) is 5.56 Å². The Morgan fingerprint density at radius 3 is 2.39 bits per heavy atom. The molecule has 0 aliphatic heterocycles. The molecule has 0 radical (unpaired) electrons. The van der Waals surface area contributed by atoms with Crippen LogP contribution in [0.15, 0.2) is 46.3 Å². The van der Waals surface area contributed by atoms with Crippen LogP contribution in [-0.2, 0) is 0 Å². The first-order valence-corrected chi connectivity index (χ1v) is 6.33. The summed E-state index contributed by atoms with van der Waals surface area (Å²) in [7, 11) is 0. The maximum absolute atomic E-state index is 11.1. The minimum absolute atomic E-state index is 0.242. The van der Waals surface area contributed by atoms with Gasteiger partial charge in [0.25, 0.3) is 0 Å². The van der Waals surface area contributed by atoms with Crippen LogP contribution in [0.1, 0.15) is 21.6 Å². The van der Waals surface area contributed by atoms with Crippen molar-refractivity contribution in [2.75, 3.05) is 0 Å². The number of aromatic nitrogens is 1. The highest BCUT2D eigenvalue weighted by atomic mass is 32.2. The Morgan fingerprint density at radius 1 is 1.11 bits per heavy atom. The molecule has 2 aromatic rings. The van der Waals surface area contributed by atoms with Crippen molar-refractivity contribution in [2.45, 2.75) is 23.8 Å². The Balaban J connectivity index is 2.35. The van der Waals surface area contributed by atoms with Crippen LogP contribution in [0.2, 0.25) is 0 Å². The molecule has 0 saturated heterocycles. The maximum atomic E-state index is 11.1. The largest absolute Gasteiger partial charge is 0.478 e. The molecule has 4 heteroatoms. The molecule has 1 heterocycles. The Morgan fingerprint density at radius 2 is 1.78 bits per heavy atom. The van der Waals surface area contributed by atoms with Gasteiger partial charge in [-0.05, 0) is 38.1 Å². The number of aromatic carboxylic acids is 1. The normalized spacial score (nSPS) is 10.3. The highest BCUT2D eigenvalue weighted by Crippen LogP contribution is 2.29. The van der Waals surface area contributed by atoms with E-state index < -0.39 is 5.97 Å². The summed E-state index contributed by atoms with van der Waals surface area (Å²) in [5.41, 5.74) is 2.23. The number of benzene rings is 1. The number of carboxylic acid groups (broad SMARTS) is 1. The first kappa shape index (κ1) is 12.6. The fraction of sp³-hybridized carbons (Fsp3) is 0.143. The van der Waals surface area contributed by atoms with E-state index in [1.807, 2.05) is 38.1 Å². The smallest absolute Gasteiger partial charge is 0.338 e. The number of rotatable bonds is 3. The average Bonchev–Trinajstić information content (AvgIpc) is 2.32. The van der Waals surface area contributed by atoms with Gasteiger partial charge >= 0.3 is 5.97 Å². The van der Waals surface area contributed by atoms with E-state index in [2.05, 4.69) is 4.98 Å². The molecule has 3 nitrogen and oxygen atoms in total. The predicted molar refractivity (Wildman–Crippen MR) is 71.2 cm³/mol. The van der Waals surface area contributed by atoms with E-state index in [1.165, 1.54) is 17.3 Å². The molecule has 0 aliphatic carbocycles. The number of nitrogens with zero attached hydrogens (tertiary/aromatic N) is 1. The van der Waals surface area contributed by atoms with Gasteiger partial charge in [0.1, 0.15) is 5.03 Å². The molecule has 0 aliphatic rings. The average molecular weight is 259 g/mol. The molecule has 1 N–H and O–H groups in total. The number of hydrogen-bond donors (Lipinski definition) is 1. The third-order valence-corrected chi connectivity index (χ3v) is 3.48. The molecule has 1 aromatic carbocycles. The van der Waals surface area contributed by atoms with E-state index in [4.69, 9.17) is 5.11 Å². The number of hydrogen-bond acceptors (Lipinski definition) is 3. The van der Waals surface area contributed by atoms with Crippen LogP contribution >= 0.6 is 11.8 Å². The van der Waals surface area contributed by atoms with Crippen molar-refractivity contribution in [2.24, 2.45) is 0 Å². The Kier molecular flexibility index (Phi) is 3.67. The van der Waals surface area contributed by atoms with Gasteiger partial charge in [0, 0.05) is 10.6 Å². The maximum Gasteiger partial charge on any atom is 0.338 e. The summed E-state index contributed by atoms with van der Waals surface area (Å²) in [5, 5.41) is 9.66. The molecule has 0 saturated carbocycles. The molecule has 2 rings (SSSR count). The minimum Gasteiger partial charge on any atom is -0.478 e. The van der Waals surface area contributed by atoms with Crippen LogP contribution in [0.25, 0.3) is 0 Å². The number of carboxylic acids is 1. The molecule has 0 bridgehead atoms. The first-order valence-electron chi connectivity index (χ1n) is 5.52. The van der Waals surface area contributed by atoms with E-state index in [9.17, 15) is 4.79 Å². The number of pyridine rings is 1. The minimum atomic E-state index is -0.947. The topological polar surface area (TPSA) is 50.2 Å². The monoisotopic (exact) mass is 259 g/mol. The van der Waals surface area contributed by atoms with Crippen molar-refractivity contribution in [3.8, 4) is 0 Å². The lowest BCUT2D eigenvalue weighted by Crippen LogP contribution is -2.01.